The van der Waals surface area contributed by atoms with Gasteiger partial charge in [0.1, 0.15) is 17.9 Å². The molecule has 0 unspecified atom stereocenters. The van der Waals surface area contributed by atoms with Crippen molar-refractivity contribution < 1.29 is 14.3 Å². The minimum atomic E-state index is -0.387. The molecule has 0 saturated heterocycles. The summed E-state index contributed by atoms with van der Waals surface area (Å²) in [5.41, 5.74) is 1.39. The number of benzene rings is 2. The van der Waals surface area contributed by atoms with Crippen LogP contribution in [0.15, 0.2) is 53.0 Å². The Kier molecular flexibility index (Phi) is 5.39. The zero-order valence-corrected chi connectivity index (χ0v) is 13.6. The van der Waals surface area contributed by atoms with Gasteiger partial charge in [-0.3, -0.25) is 0 Å². The summed E-state index contributed by atoms with van der Waals surface area (Å²) in [5, 5.41) is 0. The summed E-state index contributed by atoms with van der Waals surface area (Å²) in [5.74, 6) is 0.138. The topological polar surface area (TPSA) is 35.5 Å². The fourth-order valence-electron chi connectivity index (χ4n) is 1.82. The molecule has 0 aliphatic carbocycles. The number of hydrogen-bond acceptors (Lipinski definition) is 3. The quantitative estimate of drug-likeness (QED) is 0.741. The van der Waals surface area contributed by atoms with Crippen LogP contribution in [-0.2, 0) is 11.3 Å². The highest BCUT2D eigenvalue weighted by molar-refractivity contribution is 9.10. The van der Waals surface area contributed by atoms with Crippen LogP contribution in [0.5, 0.6) is 5.75 Å². The predicted octanol–water partition coefficient (Wildman–Crippen LogP) is 4.59. The first-order valence-corrected chi connectivity index (χ1v) is 7.53. The van der Waals surface area contributed by atoms with Gasteiger partial charge in [0, 0.05) is 4.47 Å². The Bertz CT molecular complexity index is 609. The van der Waals surface area contributed by atoms with Crippen molar-refractivity contribution in [2.75, 3.05) is 0 Å². The molecule has 0 aliphatic rings. The van der Waals surface area contributed by atoms with E-state index in [1.54, 1.807) is 18.2 Å². The van der Waals surface area contributed by atoms with Crippen LogP contribution < -0.4 is 4.74 Å². The van der Waals surface area contributed by atoms with Crippen LogP contribution in [0, 0.1) is 0 Å². The molecule has 0 atom stereocenters. The smallest absolute Gasteiger partial charge is 0.342 e. The van der Waals surface area contributed by atoms with Crippen molar-refractivity contribution in [3.63, 3.8) is 0 Å². The van der Waals surface area contributed by atoms with E-state index in [1.165, 1.54) is 0 Å². The Labute approximate surface area is 133 Å². The molecule has 0 saturated carbocycles. The van der Waals surface area contributed by atoms with Gasteiger partial charge in [-0.2, -0.15) is 0 Å². The number of carbonyl (C=O) groups is 1. The minimum Gasteiger partial charge on any atom is -0.490 e. The van der Waals surface area contributed by atoms with Crippen LogP contribution in [0.4, 0.5) is 0 Å². The van der Waals surface area contributed by atoms with E-state index in [2.05, 4.69) is 15.9 Å². The summed E-state index contributed by atoms with van der Waals surface area (Å²) in [6.07, 6.45) is -0.0139. The Morgan fingerprint density at radius 3 is 2.52 bits per heavy atom. The molecule has 3 nitrogen and oxygen atoms in total. The van der Waals surface area contributed by atoms with E-state index in [-0.39, 0.29) is 18.7 Å². The largest absolute Gasteiger partial charge is 0.490 e. The average molecular weight is 349 g/mol. The summed E-state index contributed by atoms with van der Waals surface area (Å²) < 4.78 is 11.9. The number of carbonyl (C=O) groups excluding carboxylic acids is 1. The standard InChI is InChI=1S/C17H17BrO3/c1-12(2)21-16-10-14(18)8-9-15(16)17(19)20-11-13-6-4-3-5-7-13/h3-10,12H,11H2,1-2H3. The average Bonchev–Trinajstić information content (AvgIpc) is 2.45. The van der Waals surface area contributed by atoms with E-state index >= 15 is 0 Å². The van der Waals surface area contributed by atoms with Crippen LogP contribution in [0.2, 0.25) is 0 Å². The third-order valence-corrected chi connectivity index (χ3v) is 3.23. The molecule has 4 heteroatoms. The third-order valence-electron chi connectivity index (χ3n) is 2.74. The second kappa shape index (κ2) is 7.27. The van der Waals surface area contributed by atoms with Crippen LogP contribution in [0.3, 0.4) is 0 Å². The number of rotatable bonds is 5. The van der Waals surface area contributed by atoms with Crippen molar-refractivity contribution in [2.24, 2.45) is 0 Å². The summed E-state index contributed by atoms with van der Waals surface area (Å²) >= 11 is 3.38. The minimum absolute atomic E-state index is 0.0139. The Morgan fingerprint density at radius 2 is 1.86 bits per heavy atom. The molecular formula is C17H17BrO3. The molecule has 2 aromatic carbocycles. The van der Waals surface area contributed by atoms with Crippen LogP contribution in [-0.4, -0.2) is 12.1 Å². The molecule has 2 aromatic rings. The zero-order chi connectivity index (χ0) is 15.2. The Hall–Kier alpha value is -1.81. The first-order chi connectivity index (χ1) is 10.1. The van der Waals surface area contributed by atoms with Crippen LogP contribution >= 0.6 is 15.9 Å². The lowest BCUT2D eigenvalue weighted by Crippen LogP contribution is -2.12. The third kappa shape index (κ3) is 4.60. The van der Waals surface area contributed by atoms with E-state index in [4.69, 9.17) is 9.47 Å². The monoisotopic (exact) mass is 348 g/mol. The SMILES string of the molecule is CC(C)Oc1cc(Br)ccc1C(=O)OCc1ccccc1. The van der Waals surface area contributed by atoms with Crippen molar-refractivity contribution in [3.8, 4) is 5.75 Å². The van der Waals surface area contributed by atoms with E-state index in [0.29, 0.717) is 11.3 Å². The zero-order valence-electron chi connectivity index (χ0n) is 12.0. The molecule has 0 aromatic heterocycles. The maximum atomic E-state index is 12.2. The first kappa shape index (κ1) is 15.6. The molecule has 21 heavy (non-hydrogen) atoms. The number of hydrogen-bond donors (Lipinski definition) is 0. The lowest BCUT2D eigenvalue weighted by molar-refractivity contribution is 0.0466. The highest BCUT2D eigenvalue weighted by atomic mass is 79.9. The predicted molar refractivity (Wildman–Crippen MR) is 85.5 cm³/mol. The Balaban J connectivity index is 2.11. The maximum Gasteiger partial charge on any atom is 0.342 e. The van der Waals surface area contributed by atoms with Crippen LogP contribution in [0.25, 0.3) is 0 Å². The molecule has 0 amide bonds. The highest BCUT2D eigenvalue weighted by Gasteiger charge is 2.15. The molecule has 0 radical (unpaired) electrons. The number of ether oxygens (including phenoxy) is 2. The second-order valence-corrected chi connectivity index (χ2v) is 5.78. The molecule has 0 heterocycles. The first-order valence-electron chi connectivity index (χ1n) is 6.73. The van der Waals surface area contributed by atoms with Crippen molar-refractivity contribution in [1.82, 2.24) is 0 Å². The molecule has 0 N–H and O–H groups in total. The molecule has 110 valence electrons. The van der Waals surface area contributed by atoms with E-state index < -0.39 is 0 Å². The molecule has 0 fully saturated rings. The van der Waals surface area contributed by atoms with Gasteiger partial charge in [-0.1, -0.05) is 46.3 Å². The Morgan fingerprint density at radius 1 is 1.14 bits per heavy atom. The van der Waals surface area contributed by atoms with Crippen LogP contribution in [0.1, 0.15) is 29.8 Å². The van der Waals surface area contributed by atoms with Gasteiger partial charge in [0.2, 0.25) is 0 Å². The summed E-state index contributed by atoms with van der Waals surface area (Å²) in [4.78, 5) is 12.2. The second-order valence-electron chi connectivity index (χ2n) is 4.87. The number of esters is 1. The lowest BCUT2D eigenvalue weighted by Gasteiger charge is -2.14. The lowest BCUT2D eigenvalue weighted by atomic mass is 10.2. The fraction of sp³-hybridized carbons (Fsp3) is 0.235. The van der Waals surface area contributed by atoms with Crippen molar-refractivity contribution in [1.29, 1.82) is 0 Å². The number of halogens is 1. The molecule has 2 rings (SSSR count). The van der Waals surface area contributed by atoms with Gasteiger partial charge in [-0.15, -0.1) is 0 Å². The van der Waals surface area contributed by atoms with Crippen molar-refractivity contribution in [2.45, 2.75) is 26.6 Å². The molecule has 0 bridgehead atoms. The van der Waals surface area contributed by atoms with Crippen molar-refractivity contribution >= 4 is 21.9 Å². The molecule has 0 aliphatic heterocycles. The van der Waals surface area contributed by atoms with Gasteiger partial charge in [0.15, 0.2) is 0 Å². The van der Waals surface area contributed by atoms with E-state index in [9.17, 15) is 4.79 Å². The van der Waals surface area contributed by atoms with Gasteiger partial charge >= 0.3 is 5.97 Å². The maximum absolute atomic E-state index is 12.2. The summed E-state index contributed by atoms with van der Waals surface area (Å²) in [6, 6.07) is 14.9. The summed E-state index contributed by atoms with van der Waals surface area (Å²) in [7, 11) is 0. The normalized spacial score (nSPS) is 10.5. The fourth-order valence-corrected chi connectivity index (χ4v) is 2.16. The molecule has 0 spiro atoms. The summed E-state index contributed by atoms with van der Waals surface area (Å²) in [6.45, 7) is 4.08. The highest BCUT2D eigenvalue weighted by Crippen LogP contribution is 2.25. The van der Waals surface area contributed by atoms with Gasteiger partial charge in [0.25, 0.3) is 0 Å². The van der Waals surface area contributed by atoms with Gasteiger partial charge in [-0.25, -0.2) is 4.79 Å². The van der Waals surface area contributed by atoms with Gasteiger partial charge < -0.3 is 9.47 Å². The van der Waals surface area contributed by atoms with Gasteiger partial charge in [0.05, 0.1) is 6.10 Å². The van der Waals surface area contributed by atoms with E-state index in [1.807, 2.05) is 44.2 Å². The van der Waals surface area contributed by atoms with Gasteiger partial charge in [-0.05, 0) is 37.6 Å². The van der Waals surface area contributed by atoms with Crippen molar-refractivity contribution in [3.05, 3.63) is 64.1 Å². The molecular weight excluding hydrogens is 332 g/mol. The van der Waals surface area contributed by atoms with E-state index in [0.717, 1.165) is 10.0 Å².